The van der Waals surface area contributed by atoms with E-state index in [1.807, 2.05) is 0 Å². The zero-order valence-corrected chi connectivity index (χ0v) is 12.1. The first-order valence-corrected chi connectivity index (χ1v) is 7.25. The van der Waals surface area contributed by atoms with Gasteiger partial charge in [0.05, 0.1) is 0 Å². The molecule has 1 saturated carbocycles. The Labute approximate surface area is 127 Å². The summed E-state index contributed by atoms with van der Waals surface area (Å²) in [6.45, 7) is 3.68. The molecule has 5 heteroatoms. The van der Waals surface area contributed by atoms with Crippen LogP contribution in [0, 0.1) is 34.8 Å². The van der Waals surface area contributed by atoms with Gasteiger partial charge in [-0.15, -0.1) is 6.58 Å². The van der Waals surface area contributed by atoms with E-state index < -0.39 is 35.5 Å². The molecule has 1 aromatic rings. The quantitative estimate of drug-likeness (QED) is 0.566. The molecule has 1 nitrogen and oxygen atoms in total. The topological polar surface area (TPSA) is 23.8 Å². The summed E-state index contributed by atoms with van der Waals surface area (Å²) in [5.41, 5.74) is -0.858. The molecule has 0 radical (unpaired) electrons. The molecular formula is C17H17F4N. The average Bonchev–Trinajstić information content (AvgIpc) is 2.46. The van der Waals surface area contributed by atoms with Gasteiger partial charge in [-0.3, -0.25) is 0 Å². The van der Waals surface area contributed by atoms with Crippen molar-refractivity contribution in [1.82, 2.24) is 0 Å². The highest BCUT2D eigenvalue weighted by Gasteiger charge is 2.41. The molecule has 0 aromatic heterocycles. The smallest absolute Gasteiger partial charge is 0.206 e. The van der Waals surface area contributed by atoms with Crippen molar-refractivity contribution in [2.45, 2.75) is 38.0 Å². The van der Waals surface area contributed by atoms with Crippen LogP contribution in [0.15, 0.2) is 24.8 Å². The van der Waals surface area contributed by atoms with E-state index in [0.717, 1.165) is 12.1 Å². The van der Waals surface area contributed by atoms with Crippen LogP contribution in [0.5, 0.6) is 0 Å². The van der Waals surface area contributed by atoms with E-state index in [2.05, 4.69) is 6.58 Å². The van der Waals surface area contributed by atoms with Crippen molar-refractivity contribution in [1.29, 1.82) is 5.26 Å². The van der Waals surface area contributed by atoms with Crippen LogP contribution >= 0.6 is 0 Å². The minimum absolute atomic E-state index is 0.121. The Balaban J connectivity index is 2.12. The summed E-state index contributed by atoms with van der Waals surface area (Å²) < 4.78 is 55.7. The maximum Gasteiger partial charge on any atom is 0.254 e. The molecule has 0 N–H and O–H groups in total. The van der Waals surface area contributed by atoms with Crippen molar-refractivity contribution in [2.24, 2.45) is 11.8 Å². The van der Waals surface area contributed by atoms with Crippen molar-refractivity contribution < 1.29 is 17.6 Å². The highest BCUT2D eigenvalue weighted by Crippen LogP contribution is 2.41. The molecule has 0 heterocycles. The van der Waals surface area contributed by atoms with Gasteiger partial charge in [-0.1, -0.05) is 6.08 Å². The van der Waals surface area contributed by atoms with E-state index >= 15 is 0 Å². The van der Waals surface area contributed by atoms with Gasteiger partial charge in [0, 0.05) is 12.3 Å². The Bertz CT molecular complexity index is 572. The maximum atomic E-state index is 14.3. The Hall–Kier alpha value is -1.83. The van der Waals surface area contributed by atoms with E-state index in [4.69, 9.17) is 5.26 Å². The number of rotatable bonds is 4. The van der Waals surface area contributed by atoms with E-state index in [1.54, 1.807) is 6.08 Å². The number of hydrogen-bond donors (Lipinski definition) is 0. The molecule has 0 aliphatic heterocycles. The van der Waals surface area contributed by atoms with E-state index in [1.165, 1.54) is 6.07 Å². The third-order valence-corrected chi connectivity index (χ3v) is 4.36. The predicted molar refractivity (Wildman–Crippen MR) is 75.4 cm³/mol. The summed E-state index contributed by atoms with van der Waals surface area (Å²) in [7, 11) is 0. The summed E-state index contributed by atoms with van der Waals surface area (Å²) >= 11 is 0. The Morgan fingerprint density at radius 1 is 1.18 bits per heavy atom. The fourth-order valence-electron chi connectivity index (χ4n) is 3.03. The number of allylic oxidation sites excluding steroid dienone is 1. The largest absolute Gasteiger partial charge is 0.254 e. The molecule has 0 atom stereocenters. The molecule has 0 bridgehead atoms. The average molecular weight is 311 g/mol. The lowest BCUT2D eigenvalue weighted by atomic mass is 9.77. The number of benzene rings is 1. The molecule has 1 aliphatic carbocycles. The zero-order chi connectivity index (χ0) is 16.3. The minimum atomic E-state index is -3.01. The van der Waals surface area contributed by atoms with E-state index in [0.29, 0.717) is 25.7 Å². The van der Waals surface area contributed by atoms with E-state index in [-0.39, 0.29) is 11.5 Å². The SMILES string of the molecule is C=CC1CCC(C(F)(F)Cc2cc(F)c(C#N)c(F)c2)CC1. The van der Waals surface area contributed by atoms with Crippen molar-refractivity contribution in [2.75, 3.05) is 0 Å². The molecule has 0 spiro atoms. The second-order valence-corrected chi connectivity index (χ2v) is 5.83. The lowest BCUT2D eigenvalue weighted by Gasteiger charge is -2.32. The standard InChI is InChI=1S/C17H17F4N/c1-2-11-3-5-13(6-4-11)17(20,21)9-12-7-15(18)14(10-22)16(19)8-12/h2,7-8,11,13H,1,3-6,9H2. The third kappa shape index (κ3) is 3.49. The van der Waals surface area contributed by atoms with Gasteiger partial charge >= 0.3 is 0 Å². The first-order chi connectivity index (χ1) is 10.4. The van der Waals surface area contributed by atoms with Crippen LogP contribution in [0.3, 0.4) is 0 Å². The second-order valence-electron chi connectivity index (χ2n) is 5.83. The van der Waals surface area contributed by atoms with Crippen molar-refractivity contribution in [3.63, 3.8) is 0 Å². The molecule has 0 amide bonds. The summed E-state index contributed by atoms with van der Waals surface area (Å²) in [6.07, 6.45) is 3.17. The lowest BCUT2D eigenvalue weighted by Crippen LogP contribution is -2.33. The zero-order valence-electron chi connectivity index (χ0n) is 12.1. The molecule has 0 unspecified atom stereocenters. The molecule has 1 aliphatic rings. The third-order valence-electron chi connectivity index (χ3n) is 4.36. The first kappa shape index (κ1) is 16.5. The van der Waals surface area contributed by atoms with E-state index in [9.17, 15) is 17.6 Å². The number of nitrogens with zero attached hydrogens (tertiary/aromatic N) is 1. The number of alkyl halides is 2. The van der Waals surface area contributed by atoms with Crippen LogP contribution < -0.4 is 0 Å². The fourth-order valence-corrected chi connectivity index (χ4v) is 3.03. The van der Waals surface area contributed by atoms with Crippen LogP contribution in [0.4, 0.5) is 17.6 Å². The molecule has 2 rings (SSSR count). The molecule has 1 fully saturated rings. The molecule has 0 saturated heterocycles. The normalized spacial score (nSPS) is 22.1. The first-order valence-electron chi connectivity index (χ1n) is 7.25. The Kier molecular flexibility index (Phi) is 4.90. The number of hydrogen-bond acceptors (Lipinski definition) is 1. The van der Waals surface area contributed by atoms with Crippen LogP contribution in [-0.4, -0.2) is 5.92 Å². The maximum absolute atomic E-state index is 14.3. The molecular weight excluding hydrogens is 294 g/mol. The monoisotopic (exact) mass is 311 g/mol. The van der Waals surface area contributed by atoms with Gasteiger partial charge in [0.1, 0.15) is 23.3 Å². The van der Waals surface area contributed by atoms with Crippen LogP contribution in [0.25, 0.3) is 0 Å². The van der Waals surface area contributed by atoms with Crippen molar-refractivity contribution in [3.05, 3.63) is 47.5 Å². The molecule has 1 aromatic carbocycles. The second kappa shape index (κ2) is 6.51. The Morgan fingerprint density at radius 3 is 2.18 bits per heavy atom. The summed E-state index contributed by atoms with van der Waals surface area (Å²) in [5.74, 6) is -5.71. The predicted octanol–water partition coefficient (Wildman–Crippen LogP) is 5.01. The lowest BCUT2D eigenvalue weighted by molar-refractivity contribution is -0.0726. The van der Waals surface area contributed by atoms with Gasteiger partial charge in [0.2, 0.25) is 0 Å². The van der Waals surface area contributed by atoms with Gasteiger partial charge in [-0.25, -0.2) is 17.6 Å². The van der Waals surface area contributed by atoms with Crippen molar-refractivity contribution in [3.8, 4) is 6.07 Å². The summed E-state index contributed by atoms with van der Waals surface area (Å²) in [4.78, 5) is 0. The number of halogens is 4. The number of nitriles is 1. The summed E-state index contributed by atoms with van der Waals surface area (Å²) in [5, 5.41) is 8.59. The van der Waals surface area contributed by atoms with Crippen molar-refractivity contribution >= 4 is 0 Å². The molecule has 118 valence electrons. The van der Waals surface area contributed by atoms with Gasteiger partial charge in [0.25, 0.3) is 5.92 Å². The fraction of sp³-hybridized carbons (Fsp3) is 0.471. The van der Waals surface area contributed by atoms with Crippen LogP contribution in [0.2, 0.25) is 0 Å². The van der Waals surface area contributed by atoms with Crippen LogP contribution in [0.1, 0.15) is 36.8 Å². The highest BCUT2D eigenvalue weighted by atomic mass is 19.3. The van der Waals surface area contributed by atoms with Gasteiger partial charge in [0.15, 0.2) is 0 Å². The minimum Gasteiger partial charge on any atom is -0.206 e. The highest BCUT2D eigenvalue weighted by molar-refractivity contribution is 5.35. The molecule has 22 heavy (non-hydrogen) atoms. The van der Waals surface area contributed by atoms with Gasteiger partial charge in [-0.05, 0) is 49.3 Å². The van der Waals surface area contributed by atoms with Gasteiger partial charge < -0.3 is 0 Å². The summed E-state index contributed by atoms with van der Waals surface area (Å²) in [6, 6.07) is 3.03. The van der Waals surface area contributed by atoms with Crippen LogP contribution in [-0.2, 0) is 6.42 Å². The Morgan fingerprint density at radius 2 is 1.73 bits per heavy atom. The van der Waals surface area contributed by atoms with Gasteiger partial charge in [-0.2, -0.15) is 5.26 Å².